The average Bonchev–Trinajstić information content (AvgIpc) is 2.73. The Kier molecular flexibility index (Phi) is 7.21. The third kappa shape index (κ3) is 5.95. The van der Waals surface area contributed by atoms with Crippen LogP contribution >= 0.6 is 23.8 Å². The van der Waals surface area contributed by atoms with Crippen LogP contribution in [0.3, 0.4) is 0 Å². The van der Waals surface area contributed by atoms with Crippen LogP contribution in [-0.2, 0) is 20.9 Å². The number of ether oxygens (including phenoxy) is 1. The van der Waals surface area contributed by atoms with Gasteiger partial charge in [-0.05, 0) is 42.5 Å². The van der Waals surface area contributed by atoms with E-state index < -0.39 is 21.8 Å². The Labute approximate surface area is 186 Å². The van der Waals surface area contributed by atoms with Crippen LogP contribution in [0, 0.1) is 0 Å². The molecule has 31 heavy (non-hydrogen) atoms. The van der Waals surface area contributed by atoms with Crippen molar-refractivity contribution in [2.45, 2.75) is 11.1 Å². The number of thiocarbonyl (C=S) groups is 1. The van der Waals surface area contributed by atoms with E-state index >= 15 is 0 Å². The van der Waals surface area contributed by atoms with Crippen molar-refractivity contribution in [1.29, 1.82) is 0 Å². The highest BCUT2D eigenvalue weighted by molar-refractivity contribution is 7.89. The zero-order valence-corrected chi connectivity index (χ0v) is 18.1. The molecule has 1 aromatic heterocycles. The van der Waals surface area contributed by atoms with Crippen molar-refractivity contribution < 1.29 is 26.3 Å². The number of benzene rings is 1. The van der Waals surface area contributed by atoms with Crippen molar-refractivity contribution in [3.8, 4) is 0 Å². The summed E-state index contributed by atoms with van der Waals surface area (Å²) in [6, 6.07) is 6.69. The van der Waals surface area contributed by atoms with Crippen LogP contribution in [0.15, 0.2) is 41.4 Å². The Hall–Kier alpha value is -2.19. The molecule has 1 saturated heterocycles. The molecule has 14 heteroatoms. The Morgan fingerprint density at radius 1 is 1.19 bits per heavy atom. The molecule has 0 atom stereocenters. The van der Waals surface area contributed by atoms with Gasteiger partial charge in [0.05, 0.1) is 28.7 Å². The van der Waals surface area contributed by atoms with Gasteiger partial charge in [0.25, 0.3) is 0 Å². The highest BCUT2D eigenvalue weighted by atomic mass is 35.5. The fraction of sp³-hybridized carbons (Fsp3) is 0.294. The van der Waals surface area contributed by atoms with E-state index in [1.165, 1.54) is 28.6 Å². The Bertz CT molecular complexity index is 1050. The number of nitrogens with one attached hydrogen (secondary N) is 3. The second-order valence-electron chi connectivity index (χ2n) is 6.30. The number of sulfonamides is 1. The number of hydrogen-bond acceptors (Lipinski definition) is 6. The van der Waals surface area contributed by atoms with Crippen molar-refractivity contribution >= 4 is 50.5 Å². The molecule has 2 heterocycles. The lowest BCUT2D eigenvalue weighted by Gasteiger charge is -2.26. The minimum absolute atomic E-state index is 0.0502. The van der Waals surface area contributed by atoms with Crippen molar-refractivity contribution in [2.24, 2.45) is 0 Å². The first-order valence-electron chi connectivity index (χ1n) is 8.81. The van der Waals surface area contributed by atoms with E-state index in [1.807, 2.05) is 0 Å². The fourth-order valence-electron chi connectivity index (χ4n) is 2.61. The number of hydrogen-bond donors (Lipinski definition) is 3. The number of morpholine rings is 1. The summed E-state index contributed by atoms with van der Waals surface area (Å²) >= 11 is 10.9. The van der Waals surface area contributed by atoms with Gasteiger partial charge in [0.2, 0.25) is 10.0 Å². The van der Waals surface area contributed by atoms with Crippen LogP contribution in [0.25, 0.3) is 0 Å². The van der Waals surface area contributed by atoms with Gasteiger partial charge in [-0.15, -0.1) is 0 Å². The molecule has 0 unspecified atom stereocenters. The maximum atomic E-state index is 12.7. The Morgan fingerprint density at radius 3 is 2.42 bits per heavy atom. The number of pyridine rings is 1. The fourth-order valence-corrected chi connectivity index (χ4v) is 4.40. The van der Waals surface area contributed by atoms with Crippen LogP contribution in [0.4, 0.5) is 24.7 Å². The SMILES string of the molecule is O=S(=O)(c1ccc(NC(=S)NNc2ncc(C(F)(F)F)cc2Cl)cc1)N1CCOCC1. The molecule has 0 amide bonds. The van der Waals surface area contributed by atoms with Crippen LogP contribution in [0.2, 0.25) is 5.02 Å². The van der Waals surface area contributed by atoms with Crippen molar-refractivity contribution in [2.75, 3.05) is 37.0 Å². The van der Waals surface area contributed by atoms with Gasteiger partial charge in [0.15, 0.2) is 10.9 Å². The van der Waals surface area contributed by atoms with Gasteiger partial charge >= 0.3 is 6.18 Å². The van der Waals surface area contributed by atoms with Crippen LogP contribution in [0.1, 0.15) is 5.56 Å². The number of nitrogens with zero attached hydrogens (tertiary/aromatic N) is 2. The van der Waals surface area contributed by atoms with Gasteiger partial charge < -0.3 is 10.1 Å². The van der Waals surface area contributed by atoms with E-state index in [0.29, 0.717) is 38.2 Å². The number of rotatable bonds is 5. The van der Waals surface area contributed by atoms with Gasteiger partial charge in [0, 0.05) is 25.0 Å². The van der Waals surface area contributed by atoms with Crippen LogP contribution in [0.5, 0.6) is 0 Å². The number of hydrazine groups is 1. The molecule has 0 saturated carbocycles. The van der Waals surface area contributed by atoms with Crippen molar-refractivity contribution in [1.82, 2.24) is 14.7 Å². The van der Waals surface area contributed by atoms with E-state index in [0.717, 1.165) is 6.07 Å². The molecule has 1 aliphatic rings. The highest BCUT2D eigenvalue weighted by Gasteiger charge is 2.31. The van der Waals surface area contributed by atoms with E-state index in [-0.39, 0.29) is 20.8 Å². The van der Waals surface area contributed by atoms with E-state index in [1.54, 1.807) is 0 Å². The van der Waals surface area contributed by atoms with Gasteiger partial charge in [0.1, 0.15) is 0 Å². The predicted molar refractivity (Wildman–Crippen MR) is 113 cm³/mol. The van der Waals surface area contributed by atoms with Crippen molar-refractivity contribution in [3.63, 3.8) is 0 Å². The first-order valence-corrected chi connectivity index (χ1v) is 11.0. The maximum absolute atomic E-state index is 12.7. The summed E-state index contributed by atoms with van der Waals surface area (Å²) in [4.78, 5) is 3.75. The first-order chi connectivity index (χ1) is 14.6. The molecule has 0 aliphatic carbocycles. The average molecular weight is 496 g/mol. The molecule has 2 aromatic rings. The summed E-state index contributed by atoms with van der Waals surface area (Å²) in [6.45, 7) is 1.29. The standard InChI is InChI=1S/C17H17ClF3N5O3S2/c18-14-9-11(17(19,20)21)10-22-15(14)24-25-16(30)23-12-1-3-13(4-2-12)31(27,28)26-5-7-29-8-6-26/h1-4,9-10H,5-8H2,(H,22,24)(H2,23,25,30). The Balaban J connectivity index is 1.57. The summed E-state index contributed by atoms with van der Waals surface area (Å²) in [6.07, 6.45) is -3.92. The van der Waals surface area contributed by atoms with Gasteiger partial charge in [-0.2, -0.15) is 17.5 Å². The van der Waals surface area contributed by atoms with E-state index in [9.17, 15) is 21.6 Å². The summed E-state index contributed by atoms with van der Waals surface area (Å²) < 4.78 is 69.7. The molecule has 168 valence electrons. The van der Waals surface area contributed by atoms with Crippen molar-refractivity contribution in [3.05, 3.63) is 47.1 Å². The van der Waals surface area contributed by atoms with Gasteiger partial charge in [-0.3, -0.25) is 10.9 Å². The minimum Gasteiger partial charge on any atom is -0.379 e. The summed E-state index contributed by atoms with van der Waals surface area (Å²) in [5.41, 5.74) is 4.57. The number of aromatic nitrogens is 1. The molecule has 3 N–H and O–H groups in total. The normalized spacial score (nSPS) is 15.4. The predicted octanol–water partition coefficient (Wildman–Crippen LogP) is 3.09. The molecule has 1 aromatic carbocycles. The molecule has 8 nitrogen and oxygen atoms in total. The summed E-state index contributed by atoms with van der Waals surface area (Å²) in [5, 5.41) is 2.61. The number of alkyl halides is 3. The molecule has 0 spiro atoms. The topological polar surface area (TPSA) is 95.6 Å². The van der Waals surface area contributed by atoms with E-state index in [2.05, 4.69) is 21.2 Å². The zero-order chi connectivity index (χ0) is 22.6. The molecule has 0 bridgehead atoms. The van der Waals surface area contributed by atoms with Gasteiger partial charge in [-0.1, -0.05) is 11.6 Å². The number of halogens is 4. The lowest BCUT2D eigenvalue weighted by atomic mass is 10.3. The third-order valence-corrected chi connectivity index (χ3v) is 6.59. The van der Waals surface area contributed by atoms with Crippen LogP contribution in [-0.4, -0.2) is 49.1 Å². The summed E-state index contributed by atoms with van der Waals surface area (Å²) in [5.74, 6) is -0.0502. The number of anilines is 2. The lowest BCUT2D eigenvalue weighted by molar-refractivity contribution is -0.137. The van der Waals surface area contributed by atoms with Crippen LogP contribution < -0.4 is 16.2 Å². The monoisotopic (exact) mass is 495 g/mol. The molecule has 1 fully saturated rings. The molecular formula is C17H17ClF3N5O3S2. The lowest BCUT2D eigenvalue weighted by Crippen LogP contribution is -2.40. The summed E-state index contributed by atoms with van der Waals surface area (Å²) in [7, 11) is -3.61. The Morgan fingerprint density at radius 2 is 1.84 bits per heavy atom. The smallest absolute Gasteiger partial charge is 0.379 e. The largest absolute Gasteiger partial charge is 0.417 e. The second-order valence-corrected chi connectivity index (χ2v) is 9.05. The molecule has 0 radical (unpaired) electrons. The first kappa shape index (κ1) is 23.5. The minimum atomic E-state index is -4.55. The van der Waals surface area contributed by atoms with E-state index in [4.69, 9.17) is 28.6 Å². The highest BCUT2D eigenvalue weighted by Crippen LogP contribution is 2.32. The third-order valence-electron chi connectivity index (χ3n) is 4.18. The molecular weight excluding hydrogens is 479 g/mol. The zero-order valence-electron chi connectivity index (χ0n) is 15.7. The maximum Gasteiger partial charge on any atom is 0.417 e. The van der Waals surface area contributed by atoms with Gasteiger partial charge in [-0.25, -0.2) is 13.4 Å². The quantitative estimate of drug-likeness (QED) is 0.430. The second kappa shape index (κ2) is 9.53. The molecule has 1 aliphatic heterocycles. The molecule has 3 rings (SSSR count).